The summed E-state index contributed by atoms with van der Waals surface area (Å²) >= 11 is 11.9. The van der Waals surface area contributed by atoms with E-state index in [9.17, 15) is 4.79 Å². The molecule has 2 aromatic carbocycles. The lowest BCUT2D eigenvalue weighted by Gasteiger charge is -2.06. The molecular weight excluding hydrogens is 319 g/mol. The third kappa shape index (κ3) is 5.43. The lowest BCUT2D eigenvalue weighted by Crippen LogP contribution is -2.33. The van der Waals surface area contributed by atoms with Gasteiger partial charge in [-0.05, 0) is 41.8 Å². The van der Waals surface area contributed by atoms with Crippen LogP contribution in [-0.4, -0.2) is 12.6 Å². The molecule has 0 fully saturated rings. The SMILES string of the molecule is O=C(N/C=C/c1ccc(Cl)cc1)NCCc1ccccc1Cl. The fraction of sp³-hybridized carbons (Fsp3) is 0.118. The highest BCUT2D eigenvalue weighted by Gasteiger charge is 2.00. The largest absolute Gasteiger partial charge is 0.338 e. The van der Waals surface area contributed by atoms with Crippen molar-refractivity contribution in [3.8, 4) is 0 Å². The first kappa shape index (κ1) is 16.4. The van der Waals surface area contributed by atoms with Gasteiger partial charge in [0, 0.05) is 22.8 Å². The van der Waals surface area contributed by atoms with E-state index in [1.54, 1.807) is 24.4 Å². The monoisotopic (exact) mass is 334 g/mol. The van der Waals surface area contributed by atoms with E-state index in [1.165, 1.54) is 0 Å². The van der Waals surface area contributed by atoms with Gasteiger partial charge in [-0.3, -0.25) is 0 Å². The van der Waals surface area contributed by atoms with Crippen LogP contribution in [0.5, 0.6) is 0 Å². The van der Waals surface area contributed by atoms with Crippen LogP contribution in [0.15, 0.2) is 54.7 Å². The Morgan fingerprint density at radius 2 is 1.77 bits per heavy atom. The average Bonchev–Trinajstić information content (AvgIpc) is 2.51. The molecule has 0 unspecified atom stereocenters. The quantitative estimate of drug-likeness (QED) is 0.830. The molecule has 2 N–H and O–H groups in total. The van der Waals surface area contributed by atoms with Gasteiger partial charge >= 0.3 is 6.03 Å². The molecule has 2 aromatic rings. The summed E-state index contributed by atoms with van der Waals surface area (Å²) in [6, 6.07) is 14.7. The van der Waals surface area contributed by atoms with E-state index in [1.807, 2.05) is 36.4 Å². The molecular formula is C17H16Cl2N2O. The summed E-state index contributed by atoms with van der Waals surface area (Å²) in [7, 11) is 0. The Morgan fingerprint density at radius 1 is 1.05 bits per heavy atom. The van der Waals surface area contributed by atoms with Crippen LogP contribution < -0.4 is 10.6 Å². The van der Waals surface area contributed by atoms with E-state index >= 15 is 0 Å². The summed E-state index contributed by atoms with van der Waals surface area (Å²) in [5, 5.41) is 6.82. The van der Waals surface area contributed by atoms with Gasteiger partial charge in [-0.1, -0.05) is 53.5 Å². The molecule has 0 aliphatic carbocycles. The first-order valence-electron chi connectivity index (χ1n) is 6.85. The summed E-state index contributed by atoms with van der Waals surface area (Å²) in [5.74, 6) is 0. The third-order valence-corrected chi connectivity index (χ3v) is 3.62. The molecule has 2 rings (SSSR count). The number of hydrogen-bond donors (Lipinski definition) is 2. The molecule has 0 radical (unpaired) electrons. The Kier molecular flexibility index (Phi) is 6.31. The lowest BCUT2D eigenvalue weighted by atomic mass is 10.1. The average molecular weight is 335 g/mol. The summed E-state index contributed by atoms with van der Waals surface area (Å²) in [6.45, 7) is 0.518. The topological polar surface area (TPSA) is 41.1 Å². The van der Waals surface area contributed by atoms with E-state index in [0.29, 0.717) is 23.0 Å². The van der Waals surface area contributed by atoms with Gasteiger partial charge in [-0.2, -0.15) is 0 Å². The smallest absolute Gasteiger partial charge is 0.318 e. The first-order chi connectivity index (χ1) is 10.6. The molecule has 22 heavy (non-hydrogen) atoms. The third-order valence-electron chi connectivity index (χ3n) is 3.00. The molecule has 0 atom stereocenters. The summed E-state index contributed by atoms with van der Waals surface area (Å²) < 4.78 is 0. The van der Waals surface area contributed by atoms with Gasteiger partial charge in [0.05, 0.1) is 0 Å². The van der Waals surface area contributed by atoms with Crippen molar-refractivity contribution in [2.24, 2.45) is 0 Å². The number of rotatable bonds is 5. The highest BCUT2D eigenvalue weighted by atomic mass is 35.5. The van der Waals surface area contributed by atoms with Crippen LogP contribution in [0.3, 0.4) is 0 Å². The molecule has 5 heteroatoms. The van der Waals surface area contributed by atoms with Gasteiger partial charge in [-0.15, -0.1) is 0 Å². The Labute approximate surface area is 139 Å². The second-order valence-electron chi connectivity index (χ2n) is 4.63. The maximum Gasteiger partial charge on any atom is 0.318 e. The molecule has 2 amide bonds. The maximum absolute atomic E-state index is 11.6. The minimum absolute atomic E-state index is 0.253. The van der Waals surface area contributed by atoms with Crippen LogP contribution in [0.1, 0.15) is 11.1 Å². The molecule has 0 aliphatic heterocycles. The molecule has 0 heterocycles. The van der Waals surface area contributed by atoms with Crippen LogP contribution >= 0.6 is 23.2 Å². The fourth-order valence-electron chi connectivity index (χ4n) is 1.85. The lowest BCUT2D eigenvalue weighted by molar-refractivity contribution is 0.244. The number of carbonyl (C=O) groups excluding carboxylic acids is 1. The predicted octanol–water partition coefficient (Wildman–Crippen LogP) is 4.51. The Bertz CT molecular complexity index is 654. The minimum atomic E-state index is -0.253. The highest BCUT2D eigenvalue weighted by molar-refractivity contribution is 6.31. The number of carbonyl (C=O) groups is 1. The van der Waals surface area contributed by atoms with E-state index in [4.69, 9.17) is 23.2 Å². The molecule has 0 spiro atoms. The minimum Gasteiger partial charge on any atom is -0.338 e. The highest BCUT2D eigenvalue weighted by Crippen LogP contribution is 2.14. The van der Waals surface area contributed by atoms with Crippen molar-refractivity contribution in [2.75, 3.05) is 6.54 Å². The standard InChI is InChI=1S/C17H16Cl2N2O/c18-15-7-5-13(6-8-15)9-11-20-17(22)21-12-10-14-3-1-2-4-16(14)19/h1-9,11H,10,12H2,(H2,20,21,22)/b11-9+. The number of hydrogen-bond acceptors (Lipinski definition) is 1. The molecule has 0 aliphatic rings. The zero-order chi connectivity index (χ0) is 15.8. The zero-order valence-corrected chi connectivity index (χ0v) is 13.4. The van der Waals surface area contributed by atoms with Crippen LogP contribution in [0.2, 0.25) is 10.0 Å². The van der Waals surface area contributed by atoms with Crippen LogP contribution in [-0.2, 0) is 6.42 Å². The van der Waals surface area contributed by atoms with Gasteiger partial charge in [0.15, 0.2) is 0 Å². The summed E-state index contributed by atoms with van der Waals surface area (Å²) in [5.41, 5.74) is 1.97. The first-order valence-corrected chi connectivity index (χ1v) is 7.60. The van der Waals surface area contributed by atoms with Gasteiger partial charge < -0.3 is 10.6 Å². The molecule has 3 nitrogen and oxygen atoms in total. The van der Waals surface area contributed by atoms with E-state index < -0.39 is 0 Å². The van der Waals surface area contributed by atoms with Crippen molar-refractivity contribution in [1.82, 2.24) is 10.6 Å². The number of amides is 2. The van der Waals surface area contributed by atoms with Gasteiger partial charge in [-0.25, -0.2) is 4.79 Å². The maximum atomic E-state index is 11.6. The molecule has 0 saturated heterocycles. The molecule has 0 aromatic heterocycles. The van der Waals surface area contributed by atoms with Crippen LogP contribution in [0.25, 0.3) is 6.08 Å². The van der Waals surface area contributed by atoms with Crippen molar-refractivity contribution < 1.29 is 4.79 Å². The Morgan fingerprint density at radius 3 is 2.50 bits per heavy atom. The van der Waals surface area contributed by atoms with Gasteiger partial charge in [0.1, 0.15) is 0 Å². The Hall–Kier alpha value is -1.97. The number of halogens is 2. The molecule has 114 valence electrons. The second kappa shape index (κ2) is 8.47. The number of nitrogens with one attached hydrogen (secondary N) is 2. The normalized spacial score (nSPS) is 10.6. The van der Waals surface area contributed by atoms with Crippen molar-refractivity contribution in [1.29, 1.82) is 0 Å². The van der Waals surface area contributed by atoms with Gasteiger partial charge in [0.2, 0.25) is 0 Å². The van der Waals surface area contributed by atoms with Crippen LogP contribution in [0.4, 0.5) is 4.79 Å². The van der Waals surface area contributed by atoms with Crippen LogP contribution in [0, 0.1) is 0 Å². The predicted molar refractivity (Wildman–Crippen MR) is 92.2 cm³/mol. The summed E-state index contributed by atoms with van der Waals surface area (Å²) in [4.78, 5) is 11.6. The number of urea groups is 1. The van der Waals surface area contributed by atoms with E-state index in [0.717, 1.165) is 11.1 Å². The fourth-order valence-corrected chi connectivity index (χ4v) is 2.21. The Balaban J connectivity index is 1.72. The second-order valence-corrected chi connectivity index (χ2v) is 5.47. The van der Waals surface area contributed by atoms with Crippen molar-refractivity contribution in [3.05, 3.63) is 75.9 Å². The zero-order valence-electron chi connectivity index (χ0n) is 11.9. The van der Waals surface area contributed by atoms with Crippen molar-refractivity contribution in [3.63, 3.8) is 0 Å². The summed E-state index contributed by atoms with van der Waals surface area (Å²) in [6.07, 6.45) is 4.08. The molecule has 0 bridgehead atoms. The molecule has 0 saturated carbocycles. The number of benzene rings is 2. The van der Waals surface area contributed by atoms with Crippen molar-refractivity contribution >= 4 is 35.3 Å². The van der Waals surface area contributed by atoms with E-state index in [-0.39, 0.29) is 6.03 Å². The van der Waals surface area contributed by atoms with E-state index in [2.05, 4.69) is 10.6 Å². The van der Waals surface area contributed by atoms with Crippen molar-refractivity contribution in [2.45, 2.75) is 6.42 Å². The van der Waals surface area contributed by atoms with Gasteiger partial charge in [0.25, 0.3) is 0 Å².